The number of halogens is 3. The predicted octanol–water partition coefficient (Wildman–Crippen LogP) is 2.92. The van der Waals surface area contributed by atoms with Crippen LogP contribution in [0.4, 0.5) is 13.2 Å². The van der Waals surface area contributed by atoms with Crippen LogP contribution in [-0.4, -0.2) is 27.3 Å². The number of alkyl halides is 3. The van der Waals surface area contributed by atoms with Crippen molar-refractivity contribution in [2.24, 2.45) is 0 Å². The molecule has 0 bridgehead atoms. The average molecular weight is 403 g/mol. The summed E-state index contributed by atoms with van der Waals surface area (Å²) in [5.41, 5.74) is 1.30. The number of ether oxygens (including phenoxy) is 2. The summed E-state index contributed by atoms with van der Waals surface area (Å²) in [5, 5.41) is 0. The molecule has 2 rings (SSSR count). The molecule has 0 spiro atoms. The van der Waals surface area contributed by atoms with Gasteiger partial charge in [0.2, 0.25) is 10.0 Å². The highest BCUT2D eigenvalue weighted by molar-refractivity contribution is 7.89. The molecule has 1 N–H and O–H groups in total. The van der Waals surface area contributed by atoms with E-state index in [1.54, 1.807) is 12.1 Å². The van der Waals surface area contributed by atoms with E-state index >= 15 is 0 Å². The van der Waals surface area contributed by atoms with Gasteiger partial charge in [-0.05, 0) is 36.8 Å². The summed E-state index contributed by atoms with van der Waals surface area (Å²) < 4.78 is 71.0. The van der Waals surface area contributed by atoms with E-state index in [0.29, 0.717) is 5.56 Å². The standard InChI is InChI=1S/C17H16F3NO5S/c1-12-2-8-15(9-3-12)27(23,24)21-10-16(22)25-11-13-4-6-14(7-5-13)26-17(18,19)20/h2-9,21H,10-11H2,1H3. The van der Waals surface area contributed by atoms with Crippen molar-refractivity contribution < 1.29 is 35.9 Å². The zero-order valence-corrected chi connectivity index (χ0v) is 14.9. The van der Waals surface area contributed by atoms with Crippen molar-refractivity contribution in [2.45, 2.75) is 24.8 Å². The van der Waals surface area contributed by atoms with Crippen LogP contribution in [0.25, 0.3) is 0 Å². The zero-order valence-electron chi connectivity index (χ0n) is 14.1. The zero-order chi connectivity index (χ0) is 20.1. The third-order valence-electron chi connectivity index (χ3n) is 3.29. The molecule has 0 saturated carbocycles. The molecule has 0 unspecified atom stereocenters. The number of hydrogen-bond donors (Lipinski definition) is 1. The molecule has 0 amide bonds. The van der Waals surface area contributed by atoms with Gasteiger partial charge in [0, 0.05) is 0 Å². The minimum Gasteiger partial charge on any atom is -0.460 e. The summed E-state index contributed by atoms with van der Waals surface area (Å²) in [7, 11) is -3.85. The Bertz CT molecular complexity index is 878. The normalized spacial score (nSPS) is 11.9. The number of carbonyl (C=O) groups excluding carboxylic acids is 1. The fraction of sp³-hybridized carbons (Fsp3) is 0.235. The van der Waals surface area contributed by atoms with Crippen LogP contribution in [0.2, 0.25) is 0 Å². The number of aryl methyl sites for hydroxylation is 1. The van der Waals surface area contributed by atoms with Crippen LogP contribution in [0, 0.1) is 6.92 Å². The number of sulfonamides is 1. The third kappa shape index (κ3) is 6.91. The predicted molar refractivity (Wildman–Crippen MR) is 89.3 cm³/mol. The largest absolute Gasteiger partial charge is 0.573 e. The van der Waals surface area contributed by atoms with E-state index in [1.807, 2.05) is 6.92 Å². The molecule has 2 aromatic carbocycles. The van der Waals surface area contributed by atoms with Gasteiger partial charge in [0.25, 0.3) is 0 Å². The fourth-order valence-corrected chi connectivity index (χ4v) is 2.93. The molecule has 27 heavy (non-hydrogen) atoms. The Morgan fingerprint density at radius 2 is 1.63 bits per heavy atom. The first kappa shape index (κ1) is 20.7. The maximum atomic E-state index is 12.1. The Balaban J connectivity index is 1.83. The van der Waals surface area contributed by atoms with Gasteiger partial charge in [0.1, 0.15) is 18.9 Å². The van der Waals surface area contributed by atoms with Gasteiger partial charge < -0.3 is 9.47 Å². The van der Waals surface area contributed by atoms with Crippen LogP contribution in [0.1, 0.15) is 11.1 Å². The molecular formula is C17H16F3NO5S. The Kier molecular flexibility index (Phi) is 6.45. The van der Waals surface area contributed by atoms with Crippen LogP contribution >= 0.6 is 0 Å². The lowest BCUT2D eigenvalue weighted by Crippen LogP contribution is -2.30. The second-order valence-electron chi connectivity index (χ2n) is 5.49. The quantitative estimate of drug-likeness (QED) is 0.719. The van der Waals surface area contributed by atoms with E-state index in [2.05, 4.69) is 9.46 Å². The Labute approximate surface area is 154 Å². The van der Waals surface area contributed by atoms with E-state index < -0.39 is 34.6 Å². The second kappa shape index (κ2) is 8.40. The number of carbonyl (C=O) groups is 1. The molecule has 146 valence electrons. The Hall–Kier alpha value is -2.59. The first-order valence-corrected chi connectivity index (χ1v) is 9.10. The van der Waals surface area contributed by atoms with E-state index in [9.17, 15) is 26.4 Å². The molecule has 0 aliphatic heterocycles. The molecular weight excluding hydrogens is 387 g/mol. The molecule has 0 heterocycles. The molecule has 0 aromatic heterocycles. The van der Waals surface area contributed by atoms with Crippen molar-refractivity contribution in [3.05, 3.63) is 59.7 Å². The fourth-order valence-electron chi connectivity index (χ4n) is 1.96. The van der Waals surface area contributed by atoms with Crippen molar-refractivity contribution in [1.82, 2.24) is 4.72 Å². The molecule has 0 atom stereocenters. The lowest BCUT2D eigenvalue weighted by Gasteiger charge is -2.10. The van der Waals surface area contributed by atoms with Gasteiger partial charge in [-0.25, -0.2) is 8.42 Å². The van der Waals surface area contributed by atoms with Crippen molar-refractivity contribution in [2.75, 3.05) is 6.54 Å². The molecule has 6 nitrogen and oxygen atoms in total. The maximum Gasteiger partial charge on any atom is 0.573 e. The number of nitrogens with one attached hydrogen (secondary N) is 1. The minimum atomic E-state index is -4.79. The summed E-state index contributed by atoms with van der Waals surface area (Å²) in [6, 6.07) is 10.8. The summed E-state index contributed by atoms with van der Waals surface area (Å²) in [5.74, 6) is -1.23. The molecule has 0 saturated heterocycles. The smallest absolute Gasteiger partial charge is 0.460 e. The first-order chi connectivity index (χ1) is 12.5. The van der Waals surface area contributed by atoms with E-state index in [0.717, 1.165) is 17.7 Å². The minimum absolute atomic E-state index is 0.0150. The number of esters is 1. The van der Waals surface area contributed by atoms with Crippen molar-refractivity contribution in [3.8, 4) is 5.75 Å². The van der Waals surface area contributed by atoms with Crippen LogP contribution in [0.5, 0.6) is 5.75 Å². The molecule has 0 fully saturated rings. The number of benzene rings is 2. The van der Waals surface area contributed by atoms with Gasteiger partial charge in [-0.1, -0.05) is 29.8 Å². The Morgan fingerprint density at radius 3 is 2.19 bits per heavy atom. The molecule has 10 heteroatoms. The van der Waals surface area contributed by atoms with Gasteiger partial charge in [-0.15, -0.1) is 13.2 Å². The molecule has 0 radical (unpaired) electrons. The van der Waals surface area contributed by atoms with Crippen molar-refractivity contribution in [1.29, 1.82) is 0 Å². The average Bonchev–Trinajstić information content (AvgIpc) is 2.58. The summed E-state index contributed by atoms with van der Waals surface area (Å²) in [6.45, 7) is 1.01. The highest BCUT2D eigenvalue weighted by Gasteiger charge is 2.30. The Morgan fingerprint density at radius 1 is 1.04 bits per heavy atom. The van der Waals surface area contributed by atoms with Gasteiger partial charge in [-0.2, -0.15) is 4.72 Å². The monoisotopic (exact) mass is 403 g/mol. The van der Waals surface area contributed by atoms with Crippen molar-refractivity contribution in [3.63, 3.8) is 0 Å². The van der Waals surface area contributed by atoms with Gasteiger partial charge in [-0.3, -0.25) is 4.79 Å². The summed E-state index contributed by atoms with van der Waals surface area (Å²) >= 11 is 0. The molecule has 0 aliphatic rings. The van der Waals surface area contributed by atoms with Crippen LogP contribution in [0.3, 0.4) is 0 Å². The molecule has 2 aromatic rings. The van der Waals surface area contributed by atoms with Crippen LogP contribution in [0.15, 0.2) is 53.4 Å². The lowest BCUT2D eigenvalue weighted by atomic mass is 10.2. The van der Waals surface area contributed by atoms with E-state index in [1.165, 1.54) is 24.3 Å². The molecule has 0 aliphatic carbocycles. The van der Waals surface area contributed by atoms with Gasteiger partial charge >= 0.3 is 12.3 Å². The highest BCUT2D eigenvalue weighted by atomic mass is 32.2. The topological polar surface area (TPSA) is 81.7 Å². The van der Waals surface area contributed by atoms with Crippen LogP contribution < -0.4 is 9.46 Å². The lowest BCUT2D eigenvalue weighted by molar-refractivity contribution is -0.274. The van der Waals surface area contributed by atoms with Crippen molar-refractivity contribution >= 4 is 16.0 Å². The van der Waals surface area contributed by atoms with Crippen LogP contribution in [-0.2, 0) is 26.2 Å². The number of rotatable bonds is 7. The summed E-state index contributed by atoms with van der Waals surface area (Å²) in [4.78, 5) is 11.7. The maximum absolute atomic E-state index is 12.1. The highest BCUT2D eigenvalue weighted by Crippen LogP contribution is 2.22. The second-order valence-corrected chi connectivity index (χ2v) is 7.26. The number of hydrogen-bond acceptors (Lipinski definition) is 5. The SMILES string of the molecule is Cc1ccc(S(=O)(=O)NCC(=O)OCc2ccc(OC(F)(F)F)cc2)cc1. The van der Waals surface area contributed by atoms with Gasteiger partial charge in [0.15, 0.2) is 0 Å². The van der Waals surface area contributed by atoms with Gasteiger partial charge in [0.05, 0.1) is 4.90 Å². The van der Waals surface area contributed by atoms with E-state index in [4.69, 9.17) is 4.74 Å². The van der Waals surface area contributed by atoms with E-state index in [-0.39, 0.29) is 11.5 Å². The first-order valence-electron chi connectivity index (χ1n) is 7.62. The summed E-state index contributed by atoms with van der Waals surface area (Å²) in [6.07, 6.45) is -4.79. The third-order valence-corrected chi connectivity index (χ3v) is 4.71.